The summed E-state index contributed by atoms with van der Waals surface area (Å²) in [5.41, 5.74) is -0.0824. The summed E-state index contributed by atoms with van der Waals surface area (Å²) in [4.78, 5) is 22.0. The van der Waals surface area contributed by atoms with E-state index in [1.807, 2.05) is 0 Å². The van der Waals surface area contributed by atoms with Gasteiger partial charge in [-0.3, -0.25) is 14.9 Å². The minimum atomic E-state index is -0.565. The van der Waals surface area contributed by atoms with E-state index in [0.29, 0.717) is 12.3 Å². The van der Waals surface area contributed by atoms with Crippen LogP contribution in [0.5, 0.6) is 5.75 Å². The van der Waals surface area contributed by atoms with Gasteiger partial charge in [-0.05, 0) is 44.3 Å². The molecule has 0 aromatic heterocycles. The molecule has 7 nitrogen and oxygen atoms in total. The molecule has 0 spiro atoms. The van der Waals surface area contributed by atoms with Gasteiger partial charge in [-0.15, -0.1) is 0 Å². The Morgan fingerprint density at radius 2 is 2.14 bits per heavy atom. The van der Waals surface area contributed by atoms with Crippen LogP contribution in [0.4, 0.5) is 11.4 Å². The SMILES string of the molecule is O=C(CCC1CCNCC1)Nc1cc([N+](=O)[O-])ccc1O. The highest BCUT2D eigenvalue weighted by Gasteiger charge is 2.16. The van der Waals surface area contributed by atoms with Crippen LogP contribution in [0.2, 0.25) is 0 Å². The lowest BCUT2D eigenvalue weighted by Crippen LogP contribution is -2.28. The zero-order chi connectivity index (χ0) is 15.2. The van der Waals surface area contributed by atoms with E-state index >= 15 is 0 Å². The van der Waals surface area contributed by atoms with Crippen molar-refractivity contribution in [1.29, 1.82) is 0 Å². The molecular weight excluding hydrogens is 274 g/mol. The summed E-state index contributed by atoms with van der Waals surface area (Å²) < 4.78 is 0. The molecule has 2 rings (SSSR count). The van der Waals surface area contributed by atoms with Gasteiger partial charge in [-0.25, -0.2) is 0 Å². The number of hydrogen-bond donors (Lipinski definition) is 3. The Morgan fingerprint density at radius 3 is 2.81 bits per heavy atom. The Morgan fingerprint density at radius 1 is 1.43 bits per heavy atom. The summed E-state index contributed by atoms with van der Waals surface area (Å²) in [5.74, 6) is 0.135. The molecule has 1 aromatic carbocycles. The number of rotatable bonds is 5. The quantitative estimate of drug-likeness (QED) is 0.437. The van der Waals surface area contributed by atoms with Gasteiger partial charge in [0.25, 0.3) is 5.69 Å². The topological polar surface area (TPSA) is 104 Å². The third-order valence-electron chi connectivity index (χ3n) is 3.70. The van der Waals surface area contributed by atoms with E-state index in [-0.39, 0.29) is 23.0 Å². The molecule has 21 heavy (non-hydrogen) atoms. The first-order valence-electron chi connectivity index (χ1n) is 7.04. The van der Waals surface area contributed by atoms with Crippen LogP contribution in [0, 0.1) is 16.0 Å². The number of nitrogens with zero attached hydrogens (tertiary/aromatic N) is 1. The number of nitro benzene ring substituents is 1. The summed E-state index contributed by atoms with van der Waals surface area (Å²) >= 11 is 0. The number of carbonyl (C=O) groups is 1. The molecule has 0 atom stereocenters. The number of phenolic OH excluding ortho intramolecular Hbond substituents is 1. The van der Waals surface area contributed by atoms with Crippen molar-refractivity contribution in [2.75, 3.05) is 18.4 Å². The third kappa shape index (κ3) is 4.42. The third-order valence-corrected chi connectivity index (χ3v) is 3.70. The molecule has 1 saturated heterocycles. The molecule has 0 saturated carbocycles. The monoisotopic (exact) mass is 293 g/mol. The molecule has 1 aliphatic heterocycles. The maximum atomic E-state index is 11.9. The first kappa shape index (κ1) is 15.2. The number of benzene rings is 1. The first-order valence-corrected chi connectivity index (χ1v) is 7.04. The molecule has 7 heteroatoms. The number of piperidine rings is 1. The van der Waals surface area contributed by atoms with Gasteiger partial charge in [0, 0.05) is 18.6 Å². The lowest BCUT2D eigenvalue weighted by Gasteiger charge is -2.22. The second-order valence-corrected chi connectivity index (χ2v) is 5.24. The molecule has 3 N–H and O–H groups in total. The van der Waals surface area contributed by atoms with Gasteiger partial charge < -0.3 is 15.7 Å². The first-order chi connectivity index (χ1) is 10.1. The molecule has 0 radical (unpaired) electrons. The lowest BCUT2D eigenvalue weighted by molar-refractivity contribution is -0.384. The highest BCUT2D eigenvalue weighted by Crippen LogP contribution is 2.28. The molecule has 0 unspecified atom stereocenters. The van der Waals surface area contributed by atoms with Crippen molar-refractivity contribution < 1.29 is 14.8 Å². The van der Waals surface area contributed by atoms with Crippen LogP contribution in [0.3, 0.4) is 0 Å². The predicted octanol–water partition coefficient (Wildman–Crippen LogP) is 2.02. The zero-order valence-electron chi connectivity index (χ0n) is 11.7. The second-order valence-electron chi connectivity index (χ2n) is 5.24. The maximum Gasteiger partial charge on any atom is 0.271 e. The van der Waals surface area contributed by atoms with Crippen molar-refractivity contribution in [1.82, 2.24) is 5.32 Å². The average Bonchev–Trinajstić information content (AvgIpc) is 2.48. The van der Waals surface area contributed by atoms with Crippen molar-refractivity contribution in [2.45, 2.75) is 25.7 Å². The fourth-order valence-electron chi connectivity index (χ4n) is 2.46. The average molecular weight is 293 g/mol. The minimum Gasteiger partial charge on any atom is -0.506 e. The van der Waals surface area contributed by atoms with E-state index in [1.165, 1.54) is 12.1 Å². The number of hydrogen-bond acceptors (Lipinski definition) is 5. The fraction of sp³-hybridized carbons (Fsp3) is 0.500. The molecule has 114 valence electrons. The van der Waals surface area contributed by atoms with Crippen molar-refractivity contribution >= 4 is 17.3 Å². The number of nitro groups is 1. The number of anilines is 1. The smallest absolute Gasteiger partial charge is 0.271 e. The summed E-state index contributed by atoms with van der Waals surface area (Å²) in [5, 5.41) is 26.1. The molecule has 1 heterocycles. The van der Waals surface area contributed by atoms with Crippen LogP contribution < -0.4 is 10.6 Å². The van der Waals surface area contributed by atoms with E-state index < -0.39 is 4.92 Å². The Balaban J connectivity index is 1.89. The van der Waals surface area contributed by atoms with E-state index in [4.69, 9.17) is 0 Å². The van der Waals surface area contributed by atoms with Crippen LogP contribution in [-0.4, -0.2) is 29.0 Å². The zero-order valence-corrected chi connectivity index (χ0v) is 11.7. The normalized spacial score (nSPS) is 15.6. The Labute approximate surface area is 122 Å². The number of phenols is 1. The molecule has 1 aliphatic rings. The van der Waals surface area contributed by atoms with Gasteiger partial charge in [0.05, 0.1) is 10.6 Å². The second kappa shape index (κ2) is 7.03. The predicted molar refractivity (Wildman–Crippen MR) is 78.2 cm³/mol. The number of carbonyl (C=O) groups excluding carboxylic acids is 1. The highest BCUT2D eigenvalue weighted by atomic mass is 16.6. The number of amides is 1. The molecule has 1 amide bonds. The van der Waals surface area contributed by atoms with Crippen LogP contribution in [0.25, 0.3) is 0 Å². The Bertz CT molecular complexity index is 527. The maximum absolute atomic E-state index is 11.9. The van der Waals surface area contributed by atoms with Gasteiger partial charge in [-0.1, -0.05) is 0 Å². The molecule has 0 bridgehead atoms. The van der Waals surface area contributed by atoms with Crippen molar-refractivity contribution in [3.8, 4) is 5.75 Å². The van der Waals surface area contributed by atoms with Crippen molar-refractivity contribution in [3.05, 3.63) is 28.3 Å². The van der Waals surface area contributed by atoms with Crippen LogP contribution in [-0.2, 0) is 4.79 Å². The molecular formula is C14H19N3O4. The summed E-state index contributed by atoms with van der Waals surface area (Å²) in [6.45, 7) is 1.97. The highest BCUT2D eigenvalue weighted by molar-refractivity contribution is 5.92. The Hall–Kier alpha value is -2.15. The van der Waals surface area contributed by atoms with Crippen LogP contribution >= 0.6 is 0 Å². The van der Waals surface area contributed by atoms with E-state index in [9.17, 15) is 20.0 Å². The van der Waals surface area contributed by atoms with E-state index in [1.54, 1.807) is 0 Å². The van der Waals surface area contributed by atoms with Crippen molar-refractivity contribution in [2.24, 2.45) is 5.92 Å². The number of nitrogens with one attached hydrogen (secondary N) is 2. The summed E-state index contributed by atoms with van der Waals surface area (Å²) in [6, 6.07) is 3.57. The minimum absolute atomic E-state index is 0.0829. The van der Waals surface area contributed by atoms with Gasteiger partial charge in [-0.2, -0.15) is 0 Å². The lowest BCUT2D eigenvalue weighted by atomic mass is 9.93. The van der Waals surface area contributed by atoms with Crippen LogP contribution in [0.15, 0.2) is 18.2 Å². The van der Waals surface area contributed by atoms with Crippen LogP contribution in [0.1, 0.15) is 25.7 Å². The Kier molecular flexibility index (Phi) is 5.10. The van der Waals surface area contributed by atoms with E-state index in [2.05, 4.69) is 10.6 Å². The molecule has 1 aromatic rings. The number of aromatic hydroxyl groups is 1. The largest absolute Gasteiger partial charge is 0.506 e. The molecule has 0 aliphatic carbocycles. The van der Waals surface area contributed by atoms with Gasteiger partial charge in [0.1, 0.15) is 5.75 Å². The summed E-state index contributed by atoms with van der Waals surface area (Å²) in [6.07, 6.45) is 3.28. The van der Waals surface area contributed by atoms with Gasteiger partial charge in [0.2, 0.25) is 5.91 Å². The van der Waals surface area contributed by atoms with E-state index in [0.717, 1.165) is 38.4 Å². The fourth-order valence-corrected chi connectivity index (χ4v) is 2.46. The number of non-ortho nitro benzene ring substituents is 1. The van der Waals surface area contributed by atoms with Crippen molar-refractivity contribution in [3.63, 3.8) is 0 Å². The standard InChI is InChI=1S/C14H19N3O4/c18-13-3-2-11(17(20)21)9-12(13)16-14(19)4-1-10-5-7-15-8-6-10/h2-3,9-10,15,18H,1,4-8H2,(H,16,19). The molecule has 1 fully saturated rings. The van der Waals surface area contributed by atoms with Gasteiger partial charge in [0.15, 0.2) is 0 Å². The van der Waals surface area contributed by atoms with Gasteiger partial charge >= 0.3 is 0 Å². The summed E-state index contributed by atoms with van der Waals surface area (Å²) in [7, 11) is 0.